The predicted octanol–water partition coefficient (Wildman–Crippen LogP) is 6.63. The van der Waals surface area contributed by atoms with Gasteiger partial charge in [0.15, 0.2) is 0 Å². The van der Waals surface area contributed by atoms with Gasteiger partial charge in [-0.05, 0) is 57.9 Å². The Hall–Kier alpha value is -3.34. The highest BCUT2D eigenvalue weighted by molar-refractivity contribution is 5.81. The summed E-state index contributed by atoms with van der Waals surface area (Å²) in [7, 11) is 1.33. The molecule has 2 aromatic carbocycles. The molecule has 0 aliphatic heterocycles. The molecule has 0 saturated heterocycles. The fraction of sp³-hybridized carbons (Fsp3) is 0.517. The lowest BCUT2D eigenvalue weighted by molar-refractivity contribution is -0.274. The van der Waals surface area contributed by atoms with Crippen LogP contribution in [0.3, 0.4) is 0 Å². The Morgan fingerprint density at radius 2 is 1.48 bits per heavy atom. The molecular formula is C29H37F4NO6. The number of carbonyl (C=O) groups excluding carboxylic acids is 2. The number of likely N-dealkylation sites (N-methyl/N-ethyl adjacent to an activating group) is 1. The normalized spacial score (nSPS) is 13.8. The van der Waals surface area contributed by atoms with Gasteiger partial charge >= 0.3 is 18.4 Å². The molecule has 11 heteroatoms. The minimum atomic E-state index is -4.83. The van der Waals surface area contributed by atoms with Crippen molar-refractivity contribution in [3.63, 3.8) is 0 Å². The molecule has 0 aliphatic carbocycles. The molecule has 40 heavy (non-hydrogen) atoms. The second-order valence-corrected chi connectivity index (χ2v) is 11.0. The Bertz CT molecular complexity index is 1080. The smallest absolute Gasteiger partial charge is 0.458 e. The van der Waals surface area contributed by atoms with Crippen LogP contribution in [0.25, 0.3) is 0 Å². The molecule has 2 rings (SSSR count). The molecule has 2 atom stereocenters. The second-order valence-electron chi connectivity index (χ2n) is 11.0. The van der Waals surface area contributed by atoms with Crippen LogP contribution in [-0.4, -0.2) is 60.4 Å². The first-order valence-electron chi connectivity index (χ1n) is 12.7. The molecule has 0 aliphatic rings. The first-order valence-corrected chi connectivity index (χ1v) is 12.7. The number of hydrogen-bond donors (Lipinski definition) is 0. The van der Waals surface area contributed by atoms with Gasteiger partial charge in [0, 0.05) is 19.9 Å². The number of carbonyl (C=O) groups is 2. The molecule has 0 heterocycles. The van der Waals surface area contributed by atoms with Crippen molar-refractivity contribution in [3.05, 3.63) is 65.7 Å². The van der Waals surface area contributed by atoms with Gasteiger partial charge < -0.3 is 18.9 Å². The van der Waals surface area contributed by atoms with Gasteiger partial charge in [-0.25, -0.2) is 14.0 Å². The number of nitrogens with zero attached hydrogens (tertiary/aromatic N) is 1. The SMILES string of the molecule is CN(C(=O)OC(C)(C)C)[C@@H](CC(C)(C)F)C(=O)O[C@@H](COCc1ccccc1)Cc1ccc(OC(F)(F)F)cc1. The molecule has 0 unspecified atom stereocenters. The number of halogens is 4. The molecule has 0 spiro atoms. The fourth-order valence-corrected chi connectivity index (χ4v) is 3.65. The molecule has 0 saturated carbocycles. The third kappa shape index (κ3) is 12.7. The highest BCUT2D eigenvalue weighted by Gasteiger charge is 2.37. The summed E-state index contributed by atoms with van der Waals surface area (Å²) in [4.78, 5) is 27.0. The van der Waals surface area contributed by atoms with Crippen molar-refractivity contribution in [1.82, 2.24) is 4.90 Å². The van der Waals surface area contributed by atoms with Gasteiger partial charge in [-0.15, -0.1) is 13.2 Å². The minimum absolute atomic E-state index is 0.0661. The number of ether oxygens (including phenoxy) is 4. The first kappa shape index (κ1) is 32.9. The van der Waals surface area contributed by atoms with Crippen molar-refractivity contribution in [3.8, 4) is 5.75 Å². The van der Waals surface area contributed by atoms with Crippen molar-refractivity contribution in [2.75, 3.05) is 13.7 Å². The highest BCUT2D eigenvalue weighted by Crippen LogP contribution is 2.25. The molecule has 0 radical (unpaired) electrons. The summed E-state index contributed by atoms with van der Waals surface area (Å²) >= 11 is 0. The van der Waals surface area contributed by atoms with Gasteiger partial charge in [0.05, 0.1) is 13.2 Å². The zero-order valence-electron chi connectivity index (χ0n) is 23.6. The summed E-state index contributed by atoms with van der Waals surface area (Å²) in [5.74, 6) is -1.27. The molecule has 0 aromatic heterocycles. The molecular weight excluding hydrogens is 534 g/mol. The standard InChI is InChI=1S/C29H37F4NO6/c1-27(2,3)40-26(36)34(6)24(17-28(4,5)30)25(35)38-23(19-37-18-21-10-8-7-9-11-21)16-20-12-14-22(15-13-20)39-29(31,32)33/h7-15,23-24H,16-19H2,1-6H3/t23-,24+/m1/s1. The maximum absolute atomic E-state index is 14.7. The van der Waals surface area contributed by atoms with E-state index < -0.39 is 47.6 Å². The maximum Gasteiger partial charge on any atom is 0.573 e. The third-order valence-electron chi connectivity index (χ3n) is 5.42. The highest BCUT2D eigenvalue weighted by atomic mass is 19.4. The Morgan fingerprint density at radius 3 is 2.00 bits per heavy atom. The number of amides is 1. The van der Waals surface area contributed by atoms with Crippen LogP contribution in [-0.2, 0) is 32.0 Å². The summed E-state index contributed by atoms with van der Waals surface area (Å²) in [6, 6.07) is 13.1. The second kappa shape index (κ2) is 13.8. The van der Waals surface area contributed by atoms with E-state index in [0.717, 1.165) is 22.6 Å². The van der Waals surface area contributed by atoms with E-state index in [1.165, 1.54) is 33.0 Å². The van der Waals surface area contributed by atoms with Crippen LogP contribution >= 0.6 is 0 Å². The predicted molar refractivity (Wildman–Crippen MR) is 140 cm³/mol. The average molecular weight is 572 g/mol. The van der Waals surface area contributed by atoms with Crippen molar-refractivity contribution < 1.29 is 46.1 Å². The van der Waals surface area contributed by atoms with Crippen LogP contribution in [0.1, 0.15) is 52.2 Å². The zero-order chi connectivity index (χ0) is 30.1. The number of hydrogen-bond acceptors (Lipinski definition) is 6. The molecule has 0 bridgehead atoms. The van der Waals surface area contributed by atoms with E-state index in [1.54, 1.807) is 20.8 Å². The number of alkyl halides is 4. The number of rotatable bonds is 12. The monoisotopic (exact) mass is 571 g/mol. The summed E-state index contributed by atoms with van der Waals surface area (Å²) in [6.07, 6.45) is -6.83. The molecule has 7 nitrogen and oxygen atoms in total. The Labute approximate surface area is 232 Å². The van der Waals surface area contributed by atoms with Crippen LogP contribution in [0.15, 0.2) is 54.6 Å². The van der Waals surface area contributed by atoms with Gasteiger partial charge in [-0.1, -0.05) is 42.5 Å². The van der Waals surface area contributed by atoms with E-state index in [9.17, 15) is 27.2 Å². The lowest BCUT2D eigenvalue weighted by atomic mass is 10.00. The summed E-state index contributed by atoms with van der Waals surface area (Å²) in [5.41, 5.74) is -1.25. The van der Waals surface area contributed by atoms with Gasteiger partial charge in [0.25, 0.3) is 0 Å². The molecule has 222 valence electrons. The molecule has 0 N–H and O–H groups in total. The van der Waals surface area contributed by atoms with Crippen LogP contribution in [0.5, 0.6) is 5.75 Å². The topological polar surface area (TPSA) is 74.3 Å². The average Bonchev–Trinajstić information content (AvgIpc) is 2.81. The van der Waals surface area contributed by atoms with E-state index in [2.05, 4.69) is 4.74 Å². The Kier molecular flexibility index (Phi) is 11.4. The van der Waals surface area contributed by atoms with E-state index in [0.29, 0.717) is 5.56 Å². The molecule has 1 amide bonds. The lowest BCUT2D eigenvalue weighted by Gasteiger charge is -2.32. The largest absolute Gasteiger partial charge is 0.573 e. The fourth-order valence-electron chi connectivity index (χ4n) is 3.65. The van der Waals surface area contributed by atoms with E-state index >= 15 is 0 Å². The number of esters is 1. The van der Waals surface area contributed by atoms with Gasteiger partial charge in [-0.3, -0.25) is 4.90 Å². The van der Waals surface area contributed by atoms with Crippen LogP contribution < -0.4 is 4.74 Å². The van der Waals surface area contributed by atoms with Crippen LogP contribution in [0.4, 0.5) is 22.4 Å². The van der Waals surface area contributed by atoms with Gasteiger partial charge in [0.1, 0.15) is 29.2 Å². The van der Waals surface area contributed by atoms with Crippen molar-refractivity contribution in [2.24, 2.45) is 0 Å². The van der Waals surface area contributed by atoms with Gasteiger partial charge in [0.2, 0.25) is 0 Å². The van der Waals surface area contributed by atoms with Crippen LogP contribution in [0.2, 0.25) is 0 Å². The number of benzene rings is 2. The van der Waals surface area contributed by atoms with E-state index in [-0.39, 0.29) is 26.1 Å². The quantitative estimate of drug-likeness (QED) is 0.210. The minimum Gasteiger partial charge on any atom is -0.458 e. The Balaban J connectivity index is 2.22. The molecule has 0 fully saturated rings. The zero-order valence-corrected chi connectivity index (χ0v) is 23.6. The van der Waals surface area contributed by atoms with Crippen molar-refractivity contribution in [1.29, 1.82) is 0 Å². The summed E-state index contributed by atoms with van der Waals surface area (Å²) in [6.45, 7) is 7.70. The van der Waals surface area contributed by atoms with Crippen molar-refractivity contribution >= 4 is 12.1 Å². The van der Waals surface area contributed by atoms with Crippen LogP contribution in [0, 0.1) is 0 Å². The molecule has 2 aromatic rings. The summed E-state index contributed by atoms with van der Waals surface area (Å²) < 4.78 is 73.0. The van der Waals surface area contributed by atoms with E-state index in [4.69, 9.17) is 14.2 Å². The lowest BCUT2D eigenvalue weighted by Crippen LogP contribution is -2.49. The van der Waals surface area contributed by atoms with Crippen molar-refractivity contribution in [2.45, 2.75) is 83.8 Å². The van der Waals surface area contributed by atoms with Gasteiger partial charge in [-0.2, -0.15) is 0 Å². The van der Waals surface area contributed by atoms with E-state index in [1.807, 2.05) is 30.3 Å². The Morgan fingerprint density at radius 1 is 0.875 bits per heavy atom. The summed E-state index contributed by atoms with van der Waals surface area (Å²) in [5, 5.41) is 0. The maximum atomic E-state index is 14.7. The third-order valence-corrected chi connectivity index (χ3v) is 5.42. The first-order chi connectivity index (χ1) is 18.4.